The highest BCUT2D eigenvalue weighted by molar-refractivity contribution is 14.1. The van der Waals surface area contributed by atoms with Gasteiger partial charge in [0.2, 0.25) is 0 Å². The van der Waals surface area contributed by atoms with Crippen LogP contribution in [0.25, 0.3) is 0 Å². The number of ketones is 1. The van der Waals surface area contributed by atoms with E-state index in [4.69, 9.17) is 0 Å². The lowest BCUT2D eigenvalue weighted by Crippen LogP contribution is -2.59. The second-order valence-corrected chi connectivity index (χ2v) is 9.84. The third-order valence-electron chi connectivity index (χ3n) is 5.22. The number of fused-ring (bicyclic) bond motifs is 3. The summed E-state index contributed by atoms with van der Waals surface area (Å²) < 4.78 is 39.8. The Morgan fingerprint density at radius 3 is 2.50 bits per heavy atom. The topological polar surface area (TPSA) is 51.2 Å². The van der Waals surface area contributed by atoms with Gasteiger partial charge >= 0.3 is 0 Å². The van der Waals surface area contributed by atoms with Crippen LogP contribution in [-0.2, 0) is 25.8 Å². The van der Waals surface area contributed by atoms with Crippen molar-refractivity contribution in [3.63, 3.8) is 0 Å². The summed E-state index contributed by atoms with van der Waals surface area (Å²) in [5.74, 6) is -0.976. The Morgan fingerprint density at radius 2 is 1.83 bits per heavy atom. The van der Waals surface area contributed by atoms with Crippen LogP contribution in [0.15, 0.2) is 47.4 Å². The summed E-state index contributed by atoms with van der Waals surface area (Å²) in [7, 11) is -3.79. The van der Waals surface area contributed by atoms with Gasteiger partial charge in [0.15, 0.2) is 9.84 Å². The van der Waals surface area contributed by atoms with Gasteiger partial charge in [-0.3, -0.25) is 4.79 Å². The normalized spacial score (nSPS) is 25.6. The lowest BCUT2D eigenvalue weighted by Gasteiger charge is -2.51. The van der Waals surface area contributed by atoms with E-state index in [2.05, 4.69) is 22.6 Å². The molecule has 0 heterocycles. The molecule has 2 atom stereocenters. The summed E-state index contributed by atoms with van der Waals surface area (Å²) in [4.78, 5) is 12.2. The second-order valence-electron chi connectivity index (χ2n) is 6.38. The van der Waals surface area contributed by atoms with Crippen molar-refractivity contribution in [3.05, 3.63) is 63.0 Å². The van der Waals surface area contributed by atoms with Crippen molar-refractivity contribution in [2.75, 3.05) is 0 Å². The highest BCUT2D eigenvalue weighted by Gasteiger charge is 2.64. The zero-order valence-electron chi connectivity index (χ0n) is 12.6. The fraction of sp³-hybridized carbons (Fsp3) is 0.278. The smallest absolute Gasteiger partial charge is 0.189 e. The van der Waals surface area contributed by atoms with Crippen molar-refractivity contribution in [1.82, 2.24) is 0 Å². The molecule has 124 valence electrons. The first-order chi connectivity index (χ1) is 11.4. The van der Waals surface area contributed by atoms with E-state index in [0.717, 1.165) is 26.8 Å². The molecule has 0 N–H and O–H groups in total. The number of Topliss-reactive ketones (excluding diaryl/α,β-unsaturated/α-hetero) is 1. The van der Waals surface area contributed by atoms with E-state index in [-0.39, 0.29) is 17.1 Å². The fourth-order valence-electron chi connectivity index (χ4n) is 4.04. The molecule has 0 aromatic heterocycles. The highest BCUT2D eigenvalue weighted by Crippen LogP contribution is 2.57. The van der Waals surface area contributed by atoms with Gasteiger partial charge in [-0.25, -0.2) is 12.8 Å². The zero-order chi connectivity index (χ0) is 17.1. The summed E-state index contributed by atoms with van der Waals surface area (Å²) in [5, 5.41) is 0. The molecule has 0 saturated heterocycles. The molecule has 1 fully saturated rings. The summed E-state index contributed by atoms with van der Waals surface area (Å²) >= 11 is 2.20. The predicted molar refractivity (Wildman–Crippen MR) is 95.9 cm³/mol. The molecule has 2 aliphatic rings. The van der Waals surface area contributed by atoms with Crippen molar-refractivity contribution in [3.8, 4) is 0 Å². The molecule has 24 heavy (non-hydrogen) atoms. The number of hydrogen-bond acceptors (Lipinski definition) is 3. The van der Waals surface area contributed by atoms with Gasteiger partial charge in [-0.1, -0.05) is 6.07 Å². The molecule has 4 rings (SSSR count). The van der Waals surface area contributed by atoms with Crippen molar-refractivity contribution in [1.29, 1.82) is 0 Å². The quantitative estimate of drug-likeness (QED) is 0.513. The lowest BCUT2D eigenvalue weighted by molar-refractivity contribution is -0.133. The van der Waals surface area contributed by atoms with E-state index in [9.17, 15) is 17.6 Å². The number of carbonyl (C=O) groups is 1. The van der Waals surface area contributed by atoms with Gasteiger partial charge in [0.25, 0.3) is 0 Å². The predicted octanol–water partition coefficient (Wildman–Crippen LogP) is 3.63. The molecule has 0 spiro atoms. The number of hydrogen-bond donors (Lipinski definition) is 0. The Kier molecular flexibility index (Phi) is 3.62. The average Bonchev–Trinajstić information content (AvgIpc) is 2.53. The van der Waals surface area contributed by atoms with E-state index in [1.54, 1.807) is 0 Å². The van der Waals surface area contributed by atoms with E-state index in [1.807, 2.05) is 18.2 Å². The van der Waals surface area contributed by atoms with Gasteiger partial charge in [-0.05, 0) is 83.0 Å². The Bertz CT molecular complexity index is 953. The highest BCUT2D eigenvalue weighted by atomic mass is 127. The molecule has 0 amide bonds. The van der Waals surface area contributed by atoms with Crippen LogP contribution < -0.4 is 0 Å². The number of benzene rings is 2. The summed E-state index contributed by atoms with van der Waals surface area (Å²) in [6.45, 7) is 0. The molecule has 6 heteroatoms. The first kappa shape index (κ1) is 16.2. The molecule has 0 aliphatic heterocycles. The largest absolute Gasteiger partial charge is 0.299 e. The molecule has 3 nitrogen and oxygen atoms in total. The van der Waals surface area contributed by atoms with E-state index in [0.29, 0.717) is 12.8 Å². The minimum atomic E-state index is -3.79. The van der Waals surface area contributed by atoms with Gasteiger partial charge in [-0.15, -0.1) is 0 Å². The number of aryl methyl sites for hydroxylation is 1. The molecule has 0 radical (unpaired) electrons. The molecule has 2 aliphatic carbocycles. The number of halogens is 2. The van der Waals surface area contributed by atoms with Crippen LogP contribution in [0.1, 0.15) is 24.0 Å². The Morgan fingerprint density at radius 1 is 1.12 bits per heavy atom. The molecule has 2 aromatic carbocycles. The maximum atomic E-state index is 13.4. The SMILES string of the molecule is O=C1CC2(S(=O)(=O)c3ccc(F)cc3)c3ccc(I)cc3CCC12. The van der Waals surface area contributed by atoms with E-state index < -0.39 is 26.3 Å². The standard InChI is InChI=1S/C18H14FIO3S/c19-12-2-5-14(6-3-12)24(22,23)18-10-17(21)16(18)7-1-11-9-13(20)4-8-15(11)18/h2-6,8-9,16H,1,7,10H2. The van der Waals surface area contributed by atoms with Gasteiger partial charge in [-0.2, -0.15) is 0 Å². The molecule has 2 aromatic rings. The zero-order valence-corrected chi connectivity index (χ0v) is 15.6. The maximum absolute atomic E-state index is 13.4. The van der Waals surface area contributed by atoms with Crippen LogP contribution >= 0.6 is 22.6 Å². The first-order valence-electron chi connectivity index (χ1n) is 7.68. The van der Waals surface area contributed by atoms with Gasteiger partial charge < -0.3 is 0 Å². The van der Waals surface area contributed by atoms with Crippen LogP contribution in [-0.4, -0.2) is 14.2 Å². The number of rotatable bonds is 2. The number of carbonyl (C=O) groups excluding carboxylic acids is 1. The third kappa shape index (κ3) is 2.05. The van der Waals surface area contributed by atoms with Crippen LogP contribution in [0.2, 0.25) is 0 Å². The van der Waals surface area contributed by atoms with Gasteiger partial charge in [0.1, 0.15) is 16.3 Å². The van der Waals surface area contributed by atoms with E-state index >= 15 is 0 Å². The Balaban J connectivity index is 1.95. The average molecular weight is 456 g/mol. The Hall–Kier alpha value is -1.28. The summed E-state index contributed by atoms with van der Waals surface area (Å²) in [6, 6.07) is 10.6. The first-order valence-corrected chi connectivity index (χ1v) is 10.2. The second kappa shape index (κ2) is 5.36. The van der Waals surface area contributed by atoms with Crippen molar-refractivity contribution in [2.45, 2.75) is 28.9 Å². The number of sulfone groups is 1. The Labute approximate surface area is 153 Å². The summed E-state index contributed by atoms with van der Waals surface area (Å²) in [5.41, 5.74) is 1.74. The lowest BCUT2D eigenvalue weighted by atomic mass is 9.61. The monoisotopic (exact) mass is 456 g/mol. The summed E-state index contributed by atoms with van der Waals surface area (Å²) in [6.07, 6.45) is 1.26. The van der Waals surface area contributed by atoms with Crippen molar-refractivity contribution in [2.24, 2.45) is 5.92 Å². The maximum Gasteiger partial charge on any atom is 0.189 e. The molecule has 2 unspecified atom stereocenters. The van der Waals surface area contributed by atoms with Crippen LogP contribution in [0.4, 0.5) is 4.39 Å². The van der Waals surface area contributed by atoms with Crippen LogP contribution in [0.3, 0.4) is 0 Å². The minimum Gasteiger partial charge on any atom is -0.299 e. The van der Waals surface area contributed by atoms with E-state index in [1.165, 1.54) is 12.1 Å². The van der Waals surface area contributed by atoms with Crippen molar-refractivity contribution >= 4 is 38.2 Å². The molecule has 1 saturated carbocycles. The van der Waals surface area contributed by atoms with Gasteiger partial charge in [0, 0.05) is 15.9 Å². The molecular formula is C18H14FIO3S. The molecular weight excluding hydrogens is 442 g/mol. The molecule has 0 bridgehead atoms. The van der Waals surface area contributed by atoms with Crippen molar-refractivity contribution < 1.29 is 17.6 Å². The third-order valence-corrected chi connectivity index (χ3v) is 8.39. The minimum absolute atomic E-state index is 0.00452. The van der Waals surface area contributed by atoms with Crippen LogP contribution in [0, 0.1) is 15.3 Å². The fourth-order valence-corrected chi connectivity index (χ4v) is 6.96. The van der Waals surface area contributed by atoms with Gasteiger partial charge in [0.05, 0.1) is 4.90 Å². The van der Waals surface area contributed by atoms with Crippen LogP contribution in [0.5, 0.6) is 0 Å².